The van der Waals surface area contributed by atoms with Crippen molar-refractivity contribution in [1.29, 1.82) is 0 Å². The van der Waals surface area contributed by atoms with Crippen molar-refractivity contribution in [2.24, 2.45) is 0 Å². The molecule has 1 aromatic heterocycles. The van der Waals surface area contributed by atoms with Gasteiger partial charge in [-0.25, -0.2) is 8.42 Å². The summed E-state index contributed by atoms with van der Waals surface area (Å²) in [4.78, 5) is 0.00681. The Labute approximate surface area is 109 Å². The zero-order valence-electron chi connectivity index (χ0n) is 9.04. The normalized spacial score (nSPS) is 11.2. The molecule has 0 radical (unpaired) electrons. The SMILES string of the molecule is Nc1ccc(S(=O)(=O)Nc2cccnn2)cc1Cl. The first-order valence-corrected chi connectivity index (χ1v) is 6.71. The van der Waals surface area contributed by atoms with E-state index in [2.05, 4.69) is 14.9 Å². The van der Waals surface area contributed by atoms with Gasteiger partial charge in [0.25, 0.3) is 10.0 Å². The molecule has 0 aliphatic carbocycles. The molecule has 3 N–H and O–H groups in total. The first kappa shape index (κ1) is 12.6. The number of hydrogen-bond donors (Lipinski definition) is 2. The Morgan fingerprint density at radius 3 is 2.67 bits per heavy atom. The molecule has 6 nitrogen and oxygen atoms in total. The monoisotopic (exact) mass is 284 g/mol. The van der Waals surface area contributed by atoms with E-state index in [-0.39, 0.29) is 15.7 Å². The van der Waals surface area contributed by atoms with Gasteiger partial charge in [-0.05, 0) is 30.3 Å². The van der Waals surface area contributed by atoms with Gasteiger partial charge in [-0.3, -0.25) is 4.72 Å². The topological polar surface area (TPSA) is 98.0 Å². The average molecular weight is 285 g/mol. The molecule has 2 rings (SSSR count). The molecule has 0 spiro atoms. The van der Waals surface area contributed by atoms with Gasteiger partial charge in [-0.2, -0.15) is 5.10 Å². The highest BCUT2D eigenvalue weighted by Gasteiger charge is 2.15. The first-order valence-electron chi connectivity index (χ1n) is 4.84. The van der Waals surface area contributed by atoms with E-state index >= 15 is 0 Å². The van der Waals surface area contributed by atoms with Gasteiger partial charge in [0.1, 0.15) is 0 Å². The summed E-state index contributed by atoms with van der Waals surface area (Å²) in [5, 5.41) is 7.38. The minimum absolute atomic E-state index is 0.00681. The third-order valence-electron chi connectivity index (χ3n) is 2.09. The molecule has 0 saturated heterocycles. The van der Waals surface area contributed by atoms with Crippen LogP contribution in [0.1, 0.15) is 0 Å². The Morgan fingerprint density at radius 1 is 1.28 bits per heavy atom. The molecule has 0 unspecified atom stereocenters. The summed E-state index contributed by atoms with van der Waals surface area (Å²) in [6.45, 7) is 0. The van der Waals surface area contributed by atoms with Crippen molar-refractivity contribution >= 4 is 33.1 Å². The Kier molecular flexibility index (Phi) is 3.35. The molecular formula is C10H9ClN4O2S. The summed E-state index contributed by atoms with van der Waals surface area (Å²) in [7, 11) is -3.75. The van der Waals surface area contributed by atoms with Crippen LogP contribution in [0.3, 0.4) is 0 Å². The molecule has 1 heterocycles. The summed E-state index contributed by atoms with van der Waals surface area (Å²) in [5.74, 6) is 0.130. The van der Waals surface area contributed by atoms with E-state index in [4.69, 9.17) is 17.3 Å². The largest absolute Gasteiger partial charge is 0.398 e. The molecule has 0 amide bonds. The van der Waals surface area contributed by atoms with Crippen LogP contribution in [-0.4, -0.2) is 18.6 Å². The fourth-order valence-electron chi connectivity index (χ4n) is 1.23. The van der Waals surface area contributed by atoms with Crippen LogP contribution in [0, 0.1) is 0 Å². The summed E-state index contributed by atoms with van der Waals surface area (Å²) < 4.78 is 26.3. The van der Waals surface area contributed by atoms with E-state index < -0.39 is 10.0 Å². The van der Waals surface area contributed by atoms with Gasteiger partial charge in [-0.1, -0.05) is 11.6 Å². The van der Waals surface area contributed by atoms with Crippen molar-refractivity contribution in [1.82, 2.24) is 10.2 Å². The summed E-state index contributed by atoms with van der Waals surface area (Å²) in [6, 6.07) is 7.12. The van der Waals surface area contributed by atoms with E-state index in [1.165, 1.54) is 30.5 Å². The van der Waals surface area contributed by atoms with Crippen LogP contribution in [0.4, 0.5) is 11.5 Å². The van der Waals surface area contributed by atoms with Crippen LogP contribution in [0.5, 0.6) is 0 Å². The van der Waals surface area contributed by atoms with Gasteiger partial charge < -0.3 is 5.73 Å². The number of nitrogens with one attached hydrogen (secondary N) is 1. The Hall–Kier alpha value is -1.86. The number of rotatable bonds is 3. The van der Waals surface area contributed by atoms with Gasteiger partial charge in [0.05, 0.1) is 15.6 Å². The van der Waals surface area contributed by atoms with Crippen molar-refractivity contribution in [3.05, 3.63) is 41.6 Å². The highest BCUT2D eigenvalue weighted by Crippen LogP contribution is 2.23. The molecule has 0 fully saturated rings. The Balaban J connectivity index is 2.34. The van der Waals surface area contributed by atoms with Gasteiger partial charge in [0, 0.05) is 6.20 Å². The predicted molar refractivity (Wildman–Crippen MR) is 68.7 cm³/mol. The minimum Gasteiger partial charge on any atom is -0.398 e. The lowest BCUT2D eigenvalue weighted by Crippen LogP contribution is -2.14. The third kappa shape index (κ3) is 2.69. The molecule has 8 heteroatoms. The fraction of sp³-hybridized carbons (Fsp3) is 0. The molecular weight excluding hydrogens is 276 g/mol. The average Bonchev–Trinajstić information content (AvgIpc) is 2.33. The summed E-state index contributed by atoms with van der Waals surface area (Å²) >= 11 is 5.78. The molecule has 0 bridgehead atoms. The van der Waals surface area contributed by atoms with Crippen LogP contribution in [-0.2, 0) is 10.0 Å². The van der Waals surface area contributed by atoms with Gasteiger partial charge >= 0.3 is 0 Å². The smallest absolute Gasteiger partial charge is 0.263 e. The minimum atomic E-state index is -3.75. The highest BCUT2D eigenvalue weighted by atomic mass is 35.5. The quantitative estimate of drug-likeness (QED) is 0.833. The van der Waals surface area contributed by atoms with E-state index in [0.717, 1.165) is 0 Å². The van der Waals surface area contributed by atoms with Crippen molar-refractivity contribution in [2.45, 2.75) is 4.90 Å². The van der Waals surface area contributed by atoms with Crippen molar-refractivity contribution in [3.8, 4) is 0 Å². The maximum absolute atomic E-state index is 12.0. The third-order valence-corrected chi connectivity index (χ3v) is 3.77. The molecule has 0 aliphatic rings. The molecule has 0 atom stereocenters. The van der Waals surface area contributed by atoms with E-state index in [1.807, 2.05) is 0 Å². The van der Waals surface area contributed by atoms with E-state index in [9.17, 15) is 8.42 Å². The number of sulfonamides is 1. The number of nitrogen functional groups attached to an aromatic ring is 1. The number of benzene rings is 1. The predicted octanol–water partition coefficient (Wildman–Crippen LogP) is 1.51. The van der Waals surface area contributed by atoms with Crippen LogP contribution in [0.25, 0.3) is 0 Å². The molecule has 2 aromatic rings. The van der Waals surface area contributed by atoms with Gasteiger partial charge in [-0.15, -0.1) is 5.10 Å². The standard InChI is InChI=1S/C10H9ClN4O2S/c11-8-6-7(3-4-9(8)12)18(16,17)15-10-2-1-5-13-14-10/h1-6H,12H2,(H,14,15). The van der Waals surface area contributed by atoms with Crippen LogP contribution in [0.2, 0.25) is 5.02 Å². The first-order chi connectivity index (χ1) is 8.49. The number of hydrogen-bond acceptors (Lipinski definition) is 5. The molecule has 1 aromatic carbocycles. The highest BCUT2D eigenvalue weighted by molar-refractivity contribution is 7.92. The maximum Gasteiger partial charge on any atom is 0.263 e. The van der Waals surface area contributed by atoms with Crippen LogP contribution < -0.4 is 10.5 Å². The van der Waals surface area contributed by atoms with Gasteiger partial charge in [0.15, 0.2) is 5.82 Å². The summed E-state index contributed by atoms with van der Waals surface area (Å²) in [6.07, 6.45) is 1.44. The van der Waals surface area contributed by atoms with Crippen molar-refractivity contribution in [2.75, 3.05) is 10.5 Å². The van der Waals surface area contributed by atoms with E-state index in [0.29, 0.717) is 5.69 Å². The molecule has 18 heavy (non-hydrogen) atoms. The van der Waals surface area contributed by atoms with Crippen LogP contribution in [0.15, 0.2) is 41.4 Å². The van der Waals surface area contributed by atoms with Crippen LogP contribution >= 0.6 is 11.6 Å². The Bertz CT molecular complexity index is 661. The Morgan fingerprint density at radius 2 is 2.06 bits per heavy atom. The number of aromatic nitrogens is 2. The zero-order chi connectivity index (χ0) is 13.2. The molecule has 94 valence electrons. The number of halogens is 1. The second-order valence-electron chi connectivity index (χ2n) is 3.40. The lowest BCUT2D eigenvalue weighted by molar-refractivity contribution is 0.601. The maximum atomic E-state index is 12.0. The molecule has 0 saturated carbocycles. The van der Waals surface area contributed by atoms with Crippen molar-refractivity contribution in [3.63, 3.8) is 0 Å². The number of nitrogens with zero attached hydrogens (tertiary/aromatic N) is 2. The number of anilines is 2. The summed E-state index contributed by atoms with van der Waals surface area (Å²) in [5.41, 5.74) is 5.83. The fourth-order valence-corrected chi connectivity index (χ4v) is 2.50. The second-order valence-corrected chi connectivity index (χ2v) is 5.49. The zero-order valence-corrected chi connectivity index (χ0v) is 10.6. The lowest BCUT2D eigenvalue weighted by Gasteiger charge is -2.07. The lowest BCUT2D eigenvalue weighted by atomic mass is 10.3. The molecule has 0 aliphatic heterocycles. The van der Waals surface area contributed by atoms with Crippen molar-refractivity contribution < 1.29 is 8.42 Å². The van der Waals surface area contributed by atoms with E-state index in [1.54, 1.807) is 6.07 Å². The number of nitrogens with two attached hydrogens (primary N) is 1. The second kappa shape index (κ2) is 4.79. The van der Waals surface area contributed by atoms with Gasteiger partial charge in [0.2, 0.25) is 0 Å².